The number of hydrogen-bond acceptors (Lipinski definition) is 7. The standard InChI is InChI=1S/C26H19N5O3/c1-15-10-20(16(2)29-21-9-4-3-8-19(21)26(32)33)24-22(11-15)30-23(14-28)25(31-24)34-18-7-5-6-17(12-18)13-27/h3-12,16,29H,1-2H3,(H,32,33)/t16-/m1/s1. The Labute approximate surface area is 195 Å². The third-order valence-corrected chi connectivity index (χ3v) is 5.19. The summed E-state index contributed by atoms with van der Waals surface area (Å²) in [5, 5.41) is 31.5. The zero-order valence-corrected chi connectivity index (χ0v) is 18.4. The van der Waals surface area contributed by atoms with E-state index < -0.39 is 5.97 Å². The Morgan fingerprint density at radius 2 is 1.85 bits per heavy atom. The van der Waals surface area contributed by atoms with Gasteiger partial charge in [0.15, 0.2) is 0 Å². The molecular formula is C26H19N5O3. The molecular weight excluding hydrogens is 430 g/mol. The number of nitrogens with zero attached hydrogens (tertiary/aromatic N) is 4. The van der Waals surface area contributed by atoms with Crippen molar-refractivity contribution in [3.8, 4) is 23.8 Å². The minimum Gasteiger partial charge on any atom is -0.478 e. The molecule has 0 radical (unpaired) electrons. The van der Waals surface area contributed by atoms with Gasteiger partial charge in [-0.25, -0.2) is 14.8 Å². The zero-order valence-electron chi connectivity index (χ0n) is 18.4. The summed E-state index contributed by atoms with van der Waals surface area (Å²) >= 11 is 0. The fourth-order valence-corrected chi connectivity index (χ4v) is 3.64. The average Bonchev–Trinajstić information content (AvgIpc) is 2.83. The number of aromatic nitrogens is 2. The first kappa shape index (κ1) is 22.3. The third-order valence-electron chi connectivity index (χ3n) is 5.19. The Morgan fingerprint density at radius 3 is 2.59 bits per heavy atom. The molecule has 0 saturated carbocycles. The second-order valence-electron chi connectivity index (χ2n) is 7.67. The Hall–Kier alpha value is -4.95. The first-order valence-electron chi connectivity index (χ1n) is 10.4. The SMILES string of the molecule is Cc1cc([C@@H](C)Nc2ccccc2C(=O)O)c2nc(Oc3cccc(C#N)c3)c(C#N)nc2c1. The average molecular weight is 449 g/mol. The molecule has 0 saturated heterocycles. The molecule has 0 unspecified atom stereocenters. The number of benzene rings is 3. The van der Waals surface area contributed by atoms with Gasteiger partial charge in [0.2, 0.25) is 5.69 Å². The number of para-hydroxylation sites is 1. The minimum absolute atomic E-state index is 0.0169. The van der Waals surface area contributed by atoms with Crippen LogP contribution in [0.3, 0.4) is 0 Å². The maximum absolute atomic E-state index is 11.6. The predicted octanol–water partition coefficient (Wildman–Crippen LogP) is 5.35. The van der Waals surface area contributed by atoms with E-state index in [4.69, 9.17) is 10.00 Å². The maximum Gasteiger partial charge on any atom is 0.337 e. The molecule has 2 N–H and O–H groups in total. The van der Waals surface area contributed by atoms with E-state index in [1.807, 2.05) is 38.1 Å². The van der Waals surface area contributed by atoms with Crippen LogP contribution in [0.4, 0.5) is 5.69 Å². The van der Waals surface area contributed by atoms with Crippen molar-refractivity contribution in [2.45, 2.75) is 19.9 Å². The summed E-state index contributed by atoms with van der Waals surface area (Å²) in [4.78, 5) is 20.7. The molecule has 0 aliphatic carbocycles. The van der Waals surface area contributed by atoms with Crippen molar-refractivity contribution in [2.75, 3.05) is 5.32 Å². The van der Waals surface area contributed by atoms with E-state index in [-0.39, 0.29) is 23.2 Å². The van der Waals surface area contributed by atoms with Crippen LogP contribution in [-0.2, 0) is 0 Å². The molecule has 0 aliphatic heterocycles. The molecule has 0 fully saturated rings. The van der Waals surface area contributed by atoms with E-state index in [0.717, 1.165) is 11.1 Å². The van der Waals surface area contributed by atoms with Crippen LogP contribution in [0.25, 0.3) is 11.0 Å². The normalized spacial score (nSPS) is 11.3. The number of nitriles is 2. The van der Waals surface area contributed by atoms with E-state index >= 15 is 0 Å². The molecule has 166 valence electrons. The summed E-state index contributed by atoms with van der Waals surface area (Å²) in [6.07, 6.45) is 0. The van der Waals surface area contributed by atoms with Crippen molar-refractivity contribution in [2.24, 2.45) is 0 Å². The summed E-state index contributed by atoms with van der Waals surface area (Å²) in [7, 11) is 0. The molecule has 0 amide bonds. The maximum atomic E-state index is 11.6. The minimum atomic E-state index is -1.03. The Morgan fingerprint density at radius 1 is 1.06 bits per heavy atom. The van der Waals surface area contributed by atoms with Crippen LogP contribution in [0.1, 0.15) is 45.7 Å². The number of ether oxygens (including phenoxy) is 1. The molecule has 3 aromatic carbocycles. The van der Waals surface area contributed by atoms with Crippen LogP contribution < -0.4 is 10.1 Å². The molecule has 1 atom stereocenters. The first-order chi connectivity index (χ1) is 16.4. The quantitative estimate of drug-likeness (QED) is 0.403. The highest BCUT2D eigenvalue weighted by molar-refractivity contribution is 5.94. The number of nitrogens with one attached hydrogen (secondary N) is 1. The molecule has 1 heterocycles. The van der Waals surface area contributed by atoms with Gasteiger partial charge in [-0.15, -0.1) is 0 Å². The van der Waals surface area contributed by atoms with Crippen molar-refractivity contribution >= 4 is 22.7 Å². The predicted molar refractivity (Wildman–Crippen MR) is 126 cm³/mol. The highest BCUT2D eigenvalue weighted by Crippen LogP contribution is 2.31. The van der Waals surface area contributed by atoms with Gasteiger partial charge in [-0.2, -0.15) is 10.5 Å². The fourth-order valence-electron chi connectivity index (χ4n) is 3.64. The lowest BCUT2D eigenvalue weighted by Crippen LogP contribution is -2.12. The summed E-state index contributed by atoms with van der Waals surface area (Å²) in [5.41, 5.74) is 3.78. The van der Waals surface area contributed by atoms with E-state index in [2.05, 4.69) is 15.3 Å². The lowest BCUT2D eigenvalue weighted by atomic mass is 10.0. The number of rotatable bonds is 6. The van der Waals surface area contributed by atoms with Crippen LogP contribution in [-0.4, -0.2) is 21.0 Å². The van der Waals surface area contributed by atoms with Gasteiger partial charge < -0.3 is 15.2 Å². The molecule has 4 rings (SSSR count). The van der Waals surface area contributed by atoms with Gasteiger partial charge in [0.05, 0.1) is 34.3 Å². The number of fused-ring (bicyclic) bond motifs is 1. The first-order valence-corrected chi connectivity index (χ1v) is 10.4. The number of carboxylic acids is 1. The van der Waals surface area contributed by atoms with Gasteiger partial charge in [-0.3, -0.25) is 0 Å². The summed E-state index contributed by atoms with van der Waals surface area (Å²) < 4.78 is 5.84. The zero-order chi connectivity index (χ0) is 24.2. The van der Waals surface area contributed by atoms with Crippen molar-refractivity contribution in [1.82, 2.24) is 9.97 Å². The van der Waals surface area contributed by atoms with Gasteiger partial charge in [-0.1, -0.05) is 24.3 Å². The van der Waals surface area contributed by atoms with E-state index in [9.17, 15) is 15.2 Å². The van der Waals surface area contributed by atoms with Gasteiger partial charge >= 0.3 is 5.97 Å². The largest absolute Gasteiger partial charge is 0.478 e. The van der Waals surface area contributed by atoms with Crippen LogP contribution in [0.5, 0.6) is 11.6 Å². The molecule has 8 heteroatoms. The molecule has 4 aromatic rings. The highest BCUT2D eigenvalue weighted by Gasteiger charge is 2.19. The van der Waals surface area contributed by atoms with Gasteiger partial charge in [0.1, 0.15) is 11.8 Å². The second-order valence-corrected chi connectivity index (χ2v) is 7.67. The van der Waals surface area contributed by atoms with Crippen molar-refractivity contribution in [3.63, 3.8) is 0 Å². The Kier molecular flexibility index (Phi) is 6.07. The van der Waals surface area contributed by atoms with E-state index in [1.165, 1.54) is 6.07 Å². The number of carbonyl (C=O) groups is 1. The third kappa shape index (κ3) is 4.47. The topological polar surface area (TPSA) is 132 Å². The molecule has 0 bridgehead atoms. The number of hydrogen-bond donors (Lipinski definition) is 2. The summed E-state index contributed by atoms with van der Waals surface area (Å²) in [6, 6.07) is 20.7. The van der Waals surface area contributed by atoms with Gasteiger partial charge in [-0.05, 0) is 55.8 Å². The number of aromatic carboxylic acids is 1. The van der Waals surface area contributed by atoms with Crippen LogP contribution >= 0.6 is 0 Å². The smallest absolute Gasteiger partial charge is 0.337 e. The van der Waals surface area contributed by atoms with Gasteiger partial charge in [0, 0.05) is 11.3 Å². The van der Waals surface area contributed by atoms with E-state index in [0.29, 0.717) is 28.0 Å². The Bertz CT molecular complexity index is 1500. The second kappa shape index (κ2) is 9.27. The van der Waals surface area contributed by atoms with Crippen molar-refractivity contribution in [3.05, 3.63) is 88.6 Å². The molecule has 8 nitrogen and oxygen atoms in total. The number of carboxylic acid groups (broad SMARTS) is 1. The Balaban J connectivity index is 1.80. The summed E-state index contributed by atoms with van der Waals surface area (Å²) in [6.45, 7) is 3.80. The van der Waals surface area contributed by atoms with Gasteiger partial charge in [0.25, 0.3) is 5.88 Å². The monoisotopic (exact) mass is 449 g/mol. The van der Waals surface area contributed by atoms with Crippen LogP contribution in [0.15, 0.2) is 60.7 Å². The van der Waals surface area contributed by atoms with Crippen molar-refractivity contribution < 1.29 is 14.6 Å². The van der Waals surface area contributed by atoms with Crippen molar-refractivity contribution in [1.29, 1.82) is 10.5 Å². The number of aryl methyl sites for hydroxylation is 1. The van der Waals surface area contributed by atoms with Crippen LogP contribution in [0.2, 0.25) is 0 Å². The molecule has 0 spiro atoms. The molecule has 0 aliphatic rings. The van der Waals surface area contributed by atoms with Crippen LogP contribution in [0, 0.1) is 29.6 Å². The van der Waals surface area contributed by atoms with E-state index in [1.54, 1.807) is 42.5 Å². The lowest BCUT2D eigenvalue weighted by molar-refractivity contribution is 0.0698. The summed E-state index contributed by atoms with van der Waals surface area (Å²) in [5.74, 6) is -0.647. The molecule has 1 aromatic heterocycles. The molecule has 34 heavy (non-hydrogen) atoms. The lowest BCUT2D eigenvalue weighted by Gasteiger charge is -2.19. The fraction of sp³-hybridized carbons (Fsp3) is 0.115. The highest BCUT2D eigenvalue weighted by atomic mass is 16.5. The number of anilines is 1.